The first-order valence-corrected chi connectivity index (χ1v) is 16.0. The molecule has 2 amide bonds. The second kappa shape index (κ2) is 14.0. The van der Waals surface area contributed by atoms with Crippen molar-refractivity contribution in [3.63, 3.8) is 0 Å². The summed E-state index contributed by atoms with van der Waals surface area (Å²) in [5.74, 6) is 0.207. The molecular weight excluding hydrogens is 629 g/mol. The van der Waals surface area contributed by atoms with E-state index in [9.17, 15) is 28.2 Å². The predicted molar refractivity (Wildman–Crippen MR) is 172 cm³/mol. The topological polar surface area (TPSA) is 172 Å². The summed E-state index contributed by atoms with van der Waals surface area (Å²) in [6, 6.07) is 15.3. The van der Waals surface area contributed by atoms with Crippen LogP contribution in [0.25, 0.3) is 11.2 Å². The summed E-state index contributed by atoms with van der Waals surface area (Å²) < 4.78 is 48.0. The number of nitrogen functional groups attached to an aromatic ring is 1. The van der Waals surface area contributed by atoms with Gasteiger partial charge in [-0.2, -0.15) is 13.2 Å². The van der Waals surface area contributed by atoms with E-state index < -0.39 is 42.2 Å². The Kier molecular flexibility index (Phi) is 9.83. The third kappa shape index (κ3) is 7.23. The third-order valence-corrected chi connectivity index (χ3v) is 9.23. The Morgan fingerprint density at radius 1 is 1.06 bits per heavy atom. The zero-order valence-electron chi connectivity index (χ0n) is 26.1. The zero-order valence-corrected chi connectivity index (χ0v) is 26.1. The van der Waals surface area contributed by atoms with Gasteiger partial charge >= 0.3 is 12.2 Å². The molecular formula is C33H39F3N8O4. The summed E-state index contributed by atoms with van der Waals surface area (Å²) in [4.78, 5) is 24.9. The van der Waals surface area contributed by atoms with Gasteiger partial charge in [-0.1, -0.05) is 42.5 Å². The molecule has 256 valence electrons. The Bertz CT molecular complexity index is 1680. The summed E-state index contributed by atoms with van der Waals surface area (Å²) >= 11 is 0. The maximum atomic E-state index is 13.4. The number of anilines is 2. The maximum absolute atomic E-state index is 13.4. The number of rotatable bonds is 13. The monoisotopic (exact) mass is 668 g/mol. The fourth-order valence-corrected chi connectivity index (χ4v) is 6.36. The van der Waals surface area contributed by atoms with E-state index in [-0.39, 0.29) is 30.1 Å². The number of ether oxygens (including phenoxy) is 1. The molecule has 7 N–H and O–H groups in total. The number of aromatic nitrogens is 4. The van der Waals surface area contributed by atoms with Crippen LogP contribution in [-0.4, -0.2) is 73.3 Å². The van der Waals surface area contributed by atoms with Crippen LogP contribution in [0.5, 0.6) is 0 Å². The summed E-state index contributed by atoms with van der Waals surface area (Å²) in [5, 5.41) is 30.9. The molecule has 48 heavy (non-hydrogen) atoms. The lowest BCUT2D eigenvalue weighted by molar-refractivity contribution is -0.160. The molecule has 2 aromatic carbocycles. The van der Waals surface area contributed by atoms with Gasteiger partial charge < -0.3 is 36.6 Å². The quantitative estimate of drug-likeness (QED) is 0.115. The number of aliphatic hydroxyl groups excluding tert-OH is 2. The van der Waals surface area contributed by atoms with E-state index in [1.807, 2.05) is 30.3 Å². The Morgan fingerprint density at radius 2 is 1.81 bits per heavy atom. The minimum absolute atomic E-state index is 0.0117. The fraction of sp³-hybridized carbons (Fsp3) is 0.455. The van der Waals surface area contributed by atoms with E-state index in [2.05, 4.69) is 30.9 Å². The summed E-state index contributed by atoms with van der Waals surface area (Å²) in [5.41, 5.74) is 6.63. The van der Waals surface area contributed by atoms with Crippen LogP contribution in [-0.2, 0) is 16.7 Å². The first-order valence-electron chi connectivity index (χ1n) is 16.0. The van der Waals surface area contributed by atoms with E-state index in [0.717, 1.165) is 5.56 Å². The van der Waals surface area contributed by atoms with Crippen molar-refractivity contribution < 1.29 is 32.9 Å². The molecule has 6 rings (SSSR count). The van der Waals surface area contributed by atoms with E-state index in [4.69, 9.17) is 10.5 Å². The lowest BCUT2D eigenvalue weighted by Crippen LogP contribution is -2.35. The number of carbonyl (C=O) groups excluding carboxylic acids is 1. The van der Waals surface area contributed by atoms with Crippen LogP contribution in [0.3, 0.4) is 0 Å². The molecule has 0 radical (unpaired) electrons. The average molecular weight is 669 g/mol. The second-order valence-electron chi connectivity index (χ2n) is 12.5. The number of nitrogens with one attached hydrogen (secondary N) is 3. The highest BCUT2D eigenvalue weighted by atomic mass is 19.4. The SMILES string of the molecule is Nc1ncnc2c1ncn2[C@@H]1O[C@H](C[C@H](CCCNC(=O)Nc2ccc(C3(C(F)(F)F)CC3)cc2)CNCc2ccccc2)[C@H](O)C1O. The number of amides is 2. The molecule has 15 heteroatoms. The Balaban J connectivity index is 1.03. The first-order chi connectivity index (χ1) is 23.1. The van der Waals surface area contributed by atoms with Gasteiger partial charge in [-0.15, -0.1) is 0 Å². The molecule has 0 bridgehead atoms. The minimum atomic E-state index is -4.29. The maximum Gasteiger partial charge on any atom is 0.398 e. The number of imidazole rings is 1. The number of carbonyl (C=O) groups is 1. The van der Waals surface area contributed by atoms with E-state index >= 15 is 0 Å². The van der Waals surface area contributed by atoms with Crippen molar-refractivity contribution in [2.75, 3.05) is 24.1 Å². The Morgan fingerprint density at radius 3 is 2.52 bits per heavy atom. The number of hydrogen-bond donors (Lipinski definition) is 6. The van der Waals surface area contributed by atoms with Crippen molar-refractivity contribution in [1.82, 2.24) is 30.2 Å². The van der Waals surface area contributed by atoms with Crippen molar-refractivity contribution in [2.45, 2.75) is 74.8 Å². The third-order valence-electron chi connectivity index (χ3n) is 9.23. The van der Waals surface area contributed by atoms with Crippen LogP contribution in [0.4, 0.5) is 29.5 Å². The van der Waals surface area contributed by atoms with Gasteiger partial charge in [0.1, 0.15) is 24.1 Å². The number of alkyl halides is 3. The highest BCUT2D eigenvalue weighted by molar-refractivity contribution is 5.89. The number of halogens is 3. The van der Waals surface area contributed by atoms with Crippen molar-refractivity contribution in [2.24, 2.45) is 5.92 Å². The van der Waals surface area contributed by atoms with Crippen LogP contribution in [0.1, 0.15) is 49.5 Å². The van der Waals surface area contributed by atoms with Gasteiger partial charge in [-0.05, 0) is 67.8 Å². The van der Waals surface area contributed by atoms with E-state index in [1.165, 1.54) is 36.9 Å². The van der Waals surface area contributed by atoms with Crippen LogP contribution < -0.4 is 21.7 Å². The van der Waals surface area contributed by atoms with Crippen LogP contribution in [0, 0.1) is 5.92 Å². The minimum Gasteiger partial charge on any atom is -0.388 e. The van der Waals surface area contributed by atoms with E-state index in [0.29, 0.717) is 55.7 Å². The van der Waals surface area contributed by atoms with Crippen molar-refractivity contribution >= 4 is 28.7 Å². The van der Waals surface area contributed by atoms with Gasteiger partial charge in [0, 0.05) is 18.8 Å². The van der Waals surface area contributed by atoms with Gasteiger partial charge in [0.25, 0.3) is 0 Å². The molecule has 3 heterocycles. The summed E-state index contributed by atoms with van der Waals surface area (Å²) in [7, 11) is 0. The van der Waals surface area contributed by atoms with Gasteiger partial charge in [0.15, 0.2) is 17.7 Å². The highest BCUT2D eigenvalue weighted by Gasteiger charge is 2.64. The molecule has 2 aliphatic rings. The van der Waals surface area contributed by atoms with Crippen molar-refractivity contribution in [3.05, 3.63) is 78.4 Å². The normalized spacial score (nSPS) is 22.4. The zero-order chi connectivity index (χ0) is 33.9. The summed E-state index contributed by atoms with van der Waals surface area (Å²) in [6.07, 6.45) is -3.69. The molecule has 1 saturated carbocycles. The van der Waals surface area contributed by atoms with E-state index in [1.54, 1.807) is 4.57 Å². The average Bonchev–Trinajstić information content (AvgIpc) is 3.72. The van der Waals surface area contributed by atoms with Crippen LogP contribution in [0.15, 0.2) is 67.3 Å². The van der Waals surface area contributed by atoms with Crippen LogP contribution >= 0.6 is 0 Å². The van der Waals surface area contributed by atoms with Crippen molar-refractivity contribution in [1.29, 1.82) is 0 Å². The molecule has 1 aliphatic carbocycles. The lowest BCUT2D eigenvalue weighted by atomic mass is 9.93. The smallest absolute Gasteiger partial charge is 0.388 e. The van der Waals surface area contributed by atoms with Crippen molar-refractivity contribution in [3.8, 4) is 0 Å². The molecule has 2 fully saturated rings. The highest BCUT2D eigenvalue weighted by Crippen LogP contribution is 2.58. The molecule has 0 spiro atoms. The molecule has 4 aromatic rings. The Hall–Kier alpha value is -4.31. The van der Waals surface area contributed by atoms with Gasteiger partial charge in [0.05, 0.1) is 17.8 Å². The molecule has 1 saturated heterocycles. The summed E-state index contributed by atoms with van der Waals surface area (Å²) in [6.45, 7) is 1.58. The molecule has 5 atom stereocenters. The number of aliphatic hydroxyl groups is 2. The number of nitrogens with zero attached hydrogens (tertiary/aromatic N) is 4. The first kappa shape index (κ1) is 33.6. The molecule has 2 aromatic heterocycles. The largest absolute Gasteiger partial charge is 0.398 e. The van der Waals surface area contributed by atoms with Crippen LogP contribution in [0.2, 0.25) is 0 Å². The number of benzene rings is 2. The number of fused-ring (bicyclic) bond motifs is 1. The number of nitrogens with two attached hydrogens (primary N) is 1. The standard InChI is InChI=1S/C33H39F3N8O4/c34-33(35,36)32(12-13-32)22-8-10-23(11-9-22)43-31(47)39-14-4-7-21(17-38-16-20-5-2-1-3-6-20)15-24-26(45)27(46)30(48-24)44-19-42-25-28(37)40-18-41-29(25)44/h1-3,5-6,8-11,18-19,21,24,26-27,30,38,45-46H,4,7,12-17H2,(H2,37,40,41)(H2,39,43,47)/t21-,24+,26-,27?,30+/m0/s1. The Labute approximate surface area is 274 Å². The number of urea groups is 1. The molecule has 12 nitrogen and oxygen atoms in total. The predicted octanol–water partition coefficient (Wildman–Crippen LogP) is 4.02. The fourth-order valence-electron chi connectivity index (χ4n) is 6.36. The molecule has 1 aliphatic heterocycles. The molecule has 1 unspecified atom stereocenters. The lowest BCUT2D eigenvalue weighted by Gasteiger charge is -2.23. The van der Waals surface area contributed by atoms with Gasteiger partial charge in [-0.3, -0.25) is 4.57 Å². The van der Waals surface area contributed by atoms with Gasteiger partial charge in [0.2, 0.25) is 0 Å². The van der Waals surface area contributed by atoms with Gasteiger partial charge in [-0.25, -0.2) is 19.7 Å². The second-order valence-corrected chi connectivity index (χ2v) is 12.5. The number of hydrogen-bond acceptors (Lipinski definition) is 9.